The van der Waals surface area contributed by atoms with E-state index in [-0.39, 0.29) is 12.7 Å². The molecule has 154 valence electrons. The molecular weight excluding hydrogens is 380 g/mol. The second kappa shape index (κ2) is 8.41. The normalized spacial score (nSPS) is 15.5. The molecule has 0 bridgehead atoms. The first kappa shape index (κ1) is 19.7. The number of hydrogen-bond acceptors (Lipinski definition) is 6. The van der Waals surface area contributed by atoms with E-state index in [9.17, 15) is 4.79 Å². The van der Waals surface area contributed by atoms with Crippen LogP contribution in [0.15, 0.2) is 72.2 Å². The Morgan fingerprint density at radius 1 is 1.17 bits per heavy atom. The number of carbonyl (C=O) groups excluding carboxylic acids is 1. The molecule has 1 aliphatic rings. The summed E-state index contributed by atoms with van der Waals surface area (Å²) in [5.74, 6) is 0.912. The third-order valence-electron chi connectivity index (χ3n) is 4.77. The van der Waals surface area contributed by atoms with Crippen molar-refractivity contribution in [2.24, 2.45) is 0 Å². The average Bonchev–Trinajstić information content (AvgIpc) is 3.19. The molecule has 1 aromatic heterocycles. The molecule has 0 spiro atoms. The summed E-state index contributed by atoms with van der Waals surface area (Å²) in [5.41, 5.74) is 2.98. The van der Waals surface area contributed by atoms with Gasteiger partial charge in [-0.25, -0.2) is 9.48 Å². The maximum absolute atomic E-state index is 13.1. The largest absolute Gasteiger partial charge is 0.491 e. The lowest BCUT2D eigenvalue weighted by Crippen LogP contribution is -2.29. The lowest BCUT2D eigenvalue weighted by Gasteiger charge is -2.28. The maximum Gasteiger partial charge on any atom is 0.338 e. The van der Waals surface area contributed by atoms with Gasteiger partial charge >= 0.3 is 5.97 Å². The van der Waals surface area contributed by atoms with Crippen molar-refractivity contribution in [3.8, 4) is 5.75 Å². The van der Waals surface area contributed by atoms with Crippen LogP contribution in [0.2, 0.25) is 0 Å². The first-order chi connectivity index (χ1) is 14.5. The van der Waals surface area contributed by atoms with Gasteiger partial charge in [-0.05, 0) is 44.0 Å². The smallest absolute Gasteiger partial charge is 0.338 e. The van der Waals surface area contributed by atoms with Crippen LogP contribution in [0.5, 0.6) is 5.75 Å². The molecule has 1 atom stereocenters. The van der Waals surface area contributed by atoms with Crippen molar-refractivity contribution in [3.63, 3.8) is 0 Å². The van der Waals surface area contributed by atoms with Crippen molar-refractivity contribution in [2.45, 2.75) is 39.5 Å². The van der Waals surface area contributed by atoms with Crippen molar-refractivity contribution in [2.75, 3.05) is 5.32 Å². The Morgan fingerprint density at radius 3 is 2.73 bits per heavy atom. The van der Waals surface area contributed by atoms with Crippen molar-refractivity contribution >= 4 is 11.9 Å². The summed E-state index contributed by atoms with van der Waals surface area (Å²) >= 11 is 0. The van der Waals surface area contributed by atoms with E-state index in [2.05, 4.69) is 15.4 Å². The first-order valence-electron chi connectivity index (χ1n) is 9.88. The summed E-state index contributed by atoms with van der Waals surface area (Å²) < 4.78 is 13.2. The van der Waals surface area contributed by atoms with Gasteiger partial charge in [-0.1, -0.05) is 42.5 Å². The Labute approximate surface area is 175 Å². The molecule has 0 aliphatic carbocycles. The highest BCUT2D eigenvalue weighted by molar-refractivity contribution is 5.92. The second-order valence-corrected chi connectivity index (χ2v) is 7.40. The summed E-state index contributed by atoms with van der Waals surface area (Å²) in [6, 6.07) is 16.8. The predicted octanol–water partition coefficient (Wildman–Crippen LogP) is 4.10. The van der Waals surface area contributed by atoms with Crippen molar-refractivity contribution in [3.05, 3.63) is 83.3 Å². The number of rotatable bonds is 6. The van der Waals surface area contributed by atoms with Crippen molar-refractivity contribution in [1.29, 1.82) is 0 Å². The van der Waals surface area contributed by atoms with Crippen LogP contribution < -0.4 is 10.1 Å². The van der Waals surface area contributed by atoms with Crippen molar-refractivity contribution < 1.29 is 14.3 Å². The van der Waals surface area contributed by atoms with Crippen LogP contribution in [0, 0.1) is 0 Å². The molecule has 4 rings (SSSR count). The molecule has 7 heteroatoms. The van der Waals surface area contributed by atoms with Gasteiger partial charge in [-0.15, -0.1) is 0 Å². The zero-order chi connectivity index (χ0) is 21.1. The minimum Gasteiger partial charge on any atom is -0.491 e. The highest BCUT2D eigenvalue weighted by atomic mass is 16.5. The standard InChI is InChI=1S/C23H24N4O3/c1-15(2)30-19-11-7-10-18(12-19)21-20(16(3)26-23-24-14-25-27(21)23)22(28)29-13-17-8-5-4-6-9-17/h4-12,14-15,21H,13H2,1-3H3,(H,24,25,26). The SMILES string of the molecule is CC1=C(C(=O)OCc2ccccc2)C(c2cccc(OC(C)C)c2)n2ncnc2N1. The van der Waals surface area contributed by atoms with Gasteiger partial charge in [0.15, 0.2) is 0 Å². The Morgan fingerprint density at radius 2 is 1.97 bits per heavy atom. The molecule has 0 saturated heterocycles. The monoisotopic (exact) mass is 404 g/mol. The van der Waals surface area contributed by atoms with E-state index < -0.39 is 12.0 Å². The van der Waals surface area contributed by atoms with Crippen LogP contribution in [0.1, 0.15) is 37.9 Å². The molecule has 2 heterocycles. The van der Waals surface area contributed by atoms with Crippen LogP contribution in [0.3, 0.4) is 0 Å². The molecule has 0 radical (unpaired) electrons. The van der Waals surface area contributed by atoms with Gasteiger partial charge in [0.05, 0.1) is 11.7 Å². The van der Waals surface area contributed by atoms with E-state index in [1.54, 1.807) is 4.68 Å². The Hall–Kier alpha value is -3.61. The number of esters is 1. The number of ether oxygens (including phenoxy) is 2. The zero-order valence-electron chi connectivity index (χ0n) is 17.2. The van der Waals surface area contributed by atoms with Gasteiger partial charge < -0.3 is 14.8 Å². The van der Waals surface area contributed by atoms with Crippen LogP contribution in [-0.4, -0.2) is 26.8 Å². The number of hydrogen-bond donors (Lipinski definition) is 1. The zero-order valence-corrected chi connectivity index (χ0v) is 17.2. The lowest BCUT2D eigenvalue weighted by atomic mass is 9.95. The fourth-order valence-corrected chi connectivity index (χ4v) is 3.49. The quantitative estimate of drug-likeness (QED) is 0.623. The van der Waals surface area contributed by atoms with Gasteiger partial charge in [-0.3, -0.25) is 0 Å². The highest BCUT2D eigenvalue weighted by Gasteiger charge is 2.34. The summed E-state index contributed by atoms with van der Waals surface area (Å²) in [6.07, 6.45) is 1.51. The van der Waals surface area contributed by atoms with E-state index in [4.69, 9.17) is 9.47 Å². The van der Waals surface area contributed by atoms with E-state index >= 15 is 0 Å². The Bertz CT molecular complexity index is 1070. The van der Waals surface area contributed by atoms with Gasteiger partial charge in [0, 0.05) is 5.70 Å². The number of nitrogens with zero attached hydrogens (tertiary/aromatic N) is 3. The van der Waals surface area contributed by atoms with Gasteiger partial charge in [0.25, 0.3) is 0 Å². The number of aromatic nitrogens is 3. The number of carbonyl (C=O) groups is 1. The number of nitrogens with one attached hydrogen (secondary N) is 1. The maximum atomic E-state index is 13.1. The third kappa shape index (κ3) is 4.05. The molecule has 7 nitrogen and oxygen atoms in total. The minimum atomic E-state index is -0.470. The summed E-state index contributed by atoms with van der Waals surface area (Å²) in [5, 5.41) is 7.50. The van der Waals surface area contributed by atoms with Crippen molar-refractivity contribution in [1.82, 2.24) is 14.8 Å². The molecule has 30 heavy (non-hydrogen) atoms. The Balaban J connectivity index is 1.68. The summed E-state index contributed by atoms with van der Waals surface area (Å²) in [6.45, 7) is 5.99. The van der Waals surface area contributed by atoms with Crippen LogP contribution >= 0.6 is 0 Å². The second-order valence-electron chi connectivity index (χ2n) is 7.40. The van der Waals surface area contributed by atoms with Crippen LogP contribution in [0.4, 0.5) is 5.95 Å². The van der Waals surface area contributed by atoms with Gasteiger partial charge in [0.1, 0.15) is 24.7 Å². The molecular formula is C23H24N4O3. The molecule has 0 amide bonds. The summed E-state index contributed by atoms with van der Waals surface area (Å²) in [7, 11) is 0. The van der Waals surface area contributed by atoms with E-state index in [0.29, 0.717) is 17.2 Å². The predicted molar refractivity (Wildman–Crippen MR) is 113 cm³/mol. The molecule has 1 aliphatic heterocycles. The lowest BCUT2D eigenvalue weighted by molar-refractivity contribution is -0.140. The molecule has 1 N–H and O–H groups in total. The highest BCUT2D eigenvalue weighted by Crippen LogP contribution is 2.36. The Kier molecular flexibility index (Phi) is 5.52. The van der Waals surface area contributed by atoms with Gasteiger partial charge in [0.2, 0.25) is 5.95 Å². The van der Waals surface area contributed by atoms with Crippen LogP contribution in [0.25, 0.3) is 0 Å². The molecule has 2 aromatic carbocycles. The third-order valence-corrected chi connectivity index (χ3v) is 4.77. The molecule has 3 aromatic rings. The summed E-state index contributed by atoms with van der Waals surface area (Å²) in [4.78, 5) is 17.4. The topological polar surface area (TPSA) is 78.3 Å². The molecule has 0 saturated carbocycles. The average molecular weight is 404 g/mol. The fourth-order valence-electron chi connectivity index (χ4n) is 3.49. The molecule has 0 fully saturated rings. The number of fused-ring (bicyclic) bond motifs is 1. The number of benzene rings is 2. The van der Waals surface area contributed by atoms with E-state index in [1.165, 1.54) is 6.33 Å². The first-order valence-corrected chi connectivity index (χ1v) is 9.88. The minimum absolute atomic E-state index is 0.0442. The van der Waals surface area contributed by atoms with Gasteiger partial charge in [-0.2, -0.15) is 10.1 Å². The van der Waals surface area contributed by atoms with E-state index in [0.717, 1.165) is 16.9 Å². The molecule has 1 unspecified atom stereocenters. The fraction of sp³-hybridized carbons (Fsp3) is 0.261. The number of anilines is 1. The van der Waals surface area contributed by atoms with Crippen LogP contribution in [-0.2, 0) is 16.1 Å². The van der Waals surface area contributed by atoms with E-state index in [1.807, 2.05) is 75.4 Å². The number of allylic oxidation sites excluding steroid dienone is 1.